The molecule has 1 heterocycles. The number of Topliss-reactive ketones (excluding diaryl/α,β-unsaturated/α-hetero) is 1. The number of ether oxygens (including phenoxy) is 1. The number of carbonyl (C=O) groups is 1. The summed E-state index contributed by atoms with van der Waals surface area (Å²) in [6, 6.07) is 1.21. The Morgan fingerprint density at radius 2 is 2.05 bits per heavy atom. The van der Waals surface area contributed by atoms with Crippen LogP contribution in [0.2, 0.25) is 0 Å². The molecule has 0 fully saturated rings. The van der Waals surface area contributed by atoms with Gasteiger partial charge in [0.05, 0.1) is 0 Å². The van der Waals surface area contributed by atoms with E-state index in [1.54, 1.807) is 13.8 Å². The second-order valence-corrected chi connectivity index (χ2v) is 5.27. The minimum atomic E-state index is -0.263. The summed E-state index contributed by atoms with van der Waals surface area (Å²) in [4.78, 5) is 12.2. The maximum atomic E-state index is 12.2. The second-order valence-electron chi connectivity index (χ2n) is 5.27. The highest BCUT2D eigenvalue weighted by Gasteiger charge is 2.33. The van der Waals surface area contributed by atoms with Gasteiger partial charge in [-0.15, -0.1) is 0 Å². The number of fused-ring (bicyclic) bond motifs is 1. The maximum Gasteiger partial charge on any atom is 0.172 e. The topological polar surface area (TPSA) is 66.8 Å². The van der Waals surface area contributed by atoms with E-state index in [0.29, 0.717) is 17.7 Å². The van der Waals surface area contributed by atoms with Crippen molar-refractivity contribution in [2.45, 2.75) is 33.3 Å². The van der Waals surface area contributed by atoms with Crippen LogP contribution in [-0.2, 0) is 6.42 Å². The minimum Gasteiger partial charge on any atom is -0.507 e. The zero-order valence-corrected chi connectivity index (χ0v) is 11.4. The standard InChI is InChI=1S/C15H18O4/c1-7(2)12-5-9-10(16)6-11(17)13(15(9)19-12)14(18)8(3)4/h6,8,12,16-17H,1,5H2,2-4H3. The number of hydrogen-bond donors (Lipinski definition) is 2. The van der Waals surface area contributed by atoms with Crippen molar-refractivity contribution in [2.24, 2.45) is 5.92 Å². The molecule has 0 saturated carbocycles. The first kappa shape index (κ1) is 13.5. The fourth-order valence-corrected chi connectivity index (χ4v) is 2.17. The van der Waals surface area contributed by atoms with E-state index in [4.69, 9.17) is 4.74 Å². The molecule has 0 bridgehead atoms. The summed E-state index contributed by atoms with van der Waals surface area (Å²) in [5.74, 6) is -0.443. The Labute approximate surface area is 112 Å². The highest BCUT2D eigenvalue weighted by atomic mass is 16.5. The summed E-state index contributed by atoms with van der Waals surface area (Å²) < 4.78 is 5.69. The third-order valence-electron chi connectivity index (χ3n) is 3.31. The van der Waals surface area contributed by atoms with Crippen LogP contribution >= 0.6 is 0 Å². The zero-order valence-electron chi connectivity index (χ0n) is 11.4. The number of phenols is 2. The molecule has 0 saturated heterocycles. The van der Waals surface area contributed by atoms with Gasteiger partial charge in [0.1, 0.15) is 28.9 Å². The molecule has 0 aromatic heterocycles. The Hall–Kier alpha value is -1.97. The summed E-state index contributed by atoms with van der Waals surface area (Å²) >= 11 is 0. The summed E-state index contributed by atoms with van der Waals surface area (Å²) in [7, 11) is 0. The van der Waals surface area contributed by atoms with Gasteiger partial charge < -0.3 is 14.9 Å². The molecule has 102 valence electrons. The normalized spacial score (nSPS) is 17.2. The molecule has 19 heavy (non-hydrogen) atoms. The predicted molar refractivity (Wildman–Crippen MR) is 71.9 cm³/mol. The average Bonchev–Trinajstić information content (AvgIpc) is 2.73. The smallest absolute Gasteiger partial charge is 0.172 e. The van der Waals surface area contributed by atoms with Crippen molar-refractivity contribution in [1.82, 2.24) is 0 Å². The number of benzene rings is 1. The predicted octanol–water partition coefficient (Wildman–Crippen LogP) is 2.82. The van der Waals surface area contributed by atoms with Crippen LogP contribution in [0.15, 0.2) is 18.2 Å². The minimum absolute atomic E-state index is 0.0449. The number of aromatic hydroxyl groups is 2. The van der Waals surface area contributed by atoms with Crippen LogP contribution in [0.5, 0.6) is 17.2 Å². The van der Waals surface area contributed by atoms with Crippen LogP contribution in [0.3, 0.4) is 0 Å². The lowest BCUT2D eigenvalue weighted by molar-refractivity contribution is 0.0932. The van der Waals surface area contributed by atoms with Crippen molar-refractivity contribution in [3.05, 3.63) is 29.3 Å². The van der Waals surface area contributed by atoms with Crippen LogP contribution in [-0.4, -0.2) is 22.1 Å². The summed E-state index contributed by atoms with van der Waals surface area (Å²) in [6.07, 6.45) is 0.205. The fraction of sp³-hybridized carbons (Fsp3) is 0.400. The van der Waals surface area contributed by atoms with Gasteiger partial charge in [-0.3, -0.25) is 4.79 Å². The molecule has 0 amide bonds. The molecule has 1 aliphatic heterocycles. The van der Waals surface area contributed by atoms with Crippen LogP contribution in [0.25, 0.3) is 0 Å². The lowest BCUT2D eigenvalue weighted by atomic mass is 9.95. The van der Waals surface area contributed by atoms with Crippen molar-refractivity contribution in [1.29, 1.82) is 0 Å². The second kappa shape index (κ2) is 4.61. The molecule has 0 spiro atoms. The van der Waals surface area contributed by atoms with Gasteiger partial charge in [0.25, 0.3) is 0 Å². The third kappa shape index (κ3) is 2.18. The molecule has 4 nitrogen and oxygen atoms in total. The molecular weight excluding hydrogens is 244 g/mol. The quantitative estimate of drug-likeness (QED) is 0.649. The Morgan fingerprint density at radius 1 is 1.42 bits per heavy atom. The molecule has 0 aliphatic carbocycles. The van der Waals surface area contributed by atoms with Crippen LogP contribution < -0.4 is 4.74 Å². The molecule has 1 atom stereocenters. The summed E-state index contributed by atoms with van der Waals surface area (Å²) in [6.45, 7) is 9.17. The summed E-state index contributed by atoms with van der Waals surface area (Å²) in [5.41, 5.74) is 1.54. The highest BCUT2D eigenvalue weighted by molar-refractivity contribution is 6.03. The number of carbonyl (C=O) groups excluding carboxylic acids is 1. The monoisotopic (exact) mass is 262 g/mol. The maximum absolute atomic E-state index is 12.2. The van der Waals surface area contributed by atoms with E-state index in [2.05, 4.69) is 6.58 Å². The average molecular weight is 262 g/mol. The van der Waals surface area contributed by atoms with Gasteiger partial charge in [0.15, 0.2) is 5.78 Å². The van der Waals surface area contributed by atoms with Crippen LogP contribution in [0, 0.1) is 5.92 Å². The molecule has 1 unspecified atom stereocenters. The van der Waals surface area contributed by atoms with Gasteiger partial charge in [-0.1, -0.05) is 20.4 Å². The van der Waals surface area contributed by atoms with Crippen molar-refractivity contribution in [3.63, 3.8) is 0 Å². The van der Waals surface area contributed by atoms with Gasteiger partial charge >= 0.3 is 0 Å². The van der Waals surface area contributed by atoms with E-state index in [0.717, 1.165) is 5.57 Å². The number of hydrogen-bond acceptors (Lipinski definition) is 4. The SMILES string of the molecule is C=C(C)C1Cc2c(O)cc(O)c(C(=O)C(C)C)c2O1. The lowest BCUT2D eigenvalue weighted by Crippen LogP contribution is -2.15. The van der Waals surface area contributed by atoms with Gasteiger partial charge in [0, 0.05) is 24.0 Å². The van der Waals surface area contributed by atoms with E-state index >= 15 is 0 Å². The lowest BCUT2D eigenvalue weighted by Gasteiger charge is -2.14. The number of phenolic OH excluding ortho intramolecular Hbond substituents is 2. The van der Waals surface area contributed by atoms with E-state index in [1.165, 1.54) is 6.07 Å². The molecule has 2 N–H and O–H groups in total. The van der Waals surface area contributed by atoms with Crippen molar-refractivity contribution >= 4 is 5.78 Å². The zero-order chi connectivity index (χ0) is 14.3. The molecular formula is C15H18O4. The number of rotatable bonds is 3. The van der Waals surface area contributed by atoms with Gasteiger partial charge in [-0.25, -0.2) is 0 Å². The highest BCUT2D eigenvalue weighted by Crippen LogP contribution is 2.45. The van der Waals surface area contributed by atoms with Gasteiger partial charge in [-0.2, -0.15) is 0 Å². The van der Waals surface area contributed by atoms with Gasteiger partial charge in [-0.05, 0) is 12.5 Å². The summed E-state index contributed by atoms with van der Waals surface area (Å²) in [5, 5.41) is 19.8. The van der Waals surface area contributed by atoms with Gasteiger partial charge in [0.2, 0.25) is 0 Å². The largest absolute Gasteiger partial charge is 0.507 e. The first-order chi connectivity index (χ1) is 8.82. The fourth-order valence-electron chi connectivity index (χ4n) is 2.17. The molecule has 1 aliphatic rings. The van der Waals surface area contributed by atoms with Crippen molar-refractivity contribution in [2.75, 3.05) is 0 Å². The van der Waals surface area contributed by atoms with Crippen LogP contribution in [0.4, 0.5) is 0 Å². The van der Waals surface area contributed by atoms with Crippen molar-refractivity contribution in [3.8, 4) is 17.2 Å². The van der Waals surface area contributed by atoms with Crippen LogP contribution in [0.1, 0.15) is 36.7 Å². The Bertz CT molecular complexity index is 558. The van der Waals surface area contributed by atoms with E-state index in [-0.39, 0.29) is 34.9 Å². The molecule has 1 aromatic carbocycles. The molecule has 4 heteroatoms. The molecule has 0 radical (unpaired) electrons. The number of ketones is 1. The van der Waals surface area contributed by atoms with E-state index in [1.807, 2.05) is 6.92 Å². The first-order valence-corrected chi connectivity index (χ1v) is 6.27. The Kier molecular flexibility index (Phi) is 3.27. The first-order valence-electron chi connectivity index (χ1n) is 6.27. The van der Waals surface area contributed by atoms with Crippen molar-refractivity contribution < 1.29 is 19.7 Å². The Balaban J connectivity index is 2.57. The van der Waals surface area contributed by atoms with E-state index < -0.39 is 0 Å². The molecule has 2 rings (SSSR count). The Morgan fingerprint density at radius 3 is 2.58 bits per heavy atom. The molecule has 1 aromatic rings. The third-order valence-corrected chi connectivity index (χ3v) is 3.31. The van der Waals surface area contributed by atoms with E-state index in [9.17, 15) is 15.0 Å².